The molecule has 19 heavy (non-hydrogen) atoms. The lowest BCUT2D eigenvalue weighted by molar-refractivity contribution is -0.137. The number of carbonyl (C=O) groups excluding carboxylic acids is 1. The molecule has 4 nitrogen and oxygen atoms in total. The van der Waals surface area contributed by atoms with Crippen molar-refractivity contribution in [2.75, 3.05) is 26.2 Å². The number of amides is 1. The van der Waals surface area contributed by atoms with E-state index in [2.05, 4.69) is 11.0 Å². The molecule has 0 unspecified atom stereocenters. The van der Waals surface area contributed by atoms with Crippen molar-refractivity contribution in [1.29, 1.82) is 0 Å². The third-order valence-electron chi connectivity index (χ3n) is 3.22. The second kappa shape index (κ2) is 5.79. The first-order chi connectivity index (χ1) is 8.86. The van der Waals surface area contributed by atoms with Gasteiger partial charge in [-0.1, -0.05) is 11.6 Å². The third-order valence-corrected chi connectivity index (χ3v) is 4.43. The van der Waals surface area contributed by atoms with Gasteiger partial charge in [-0.15, -0.1) is 11.3 Å². The molecule has 2 heterocycles. The Balaban J connectivity index is 1.84. The summed E-state index contributed by atoms with van der Waals surface area (Å²) in [4.78, 5) is 17.5. The maximum absolute atomic E-state index is 12.1. The Morgan fingerprint density at radius 3 is 2.47 bits per heavy atom. The second-order valence-corrected chi connectivity index (χ2v) is 7.30. The van der Waals surface area contributed by atoms with E-state index in [4.69, 9.17) is 17.3 Å². The molecule has 2 rings (SSSR count). The SMILES string of the molecule is CC(C)(N)C(=O)N1CCN(Cc2ccc(Cl)s2)CC1. The topological polar surface area (TPSA) is 49.6 Å². The van der Waals surface area contributed by atoms with Crippen molar-refractivity contribution in [2.45, 2.75) is 25.9 Å². The average molecular weight is 302 g/mol. The summed E-state index contributed by atoms with van der Waals surface area (Å²) in [6.45, 7) is 7.70. The van der Waals surface area contributed by atoms with Crippen LogP contribution in [0, 0.1) is 0 Å². The molecule has 2 N–H and O–H groups in total. The van der Waals surface area contributed by atoms with E-state index >= 15 is 0 Å². The molecule has 1 aromatic rings. The molecule has 1 aliphatic heterocycles. The summed E-state index contributed by atoms with van der Waals surface area (Å²) in [5, 5.41) is 0. The molecule has 1 fully saturated rings. The standard InChI is InChI=1S/C13H20ClN3OS/c1-13(2,15)12(18)17-7-5-16(6-8-17)9-10-3-4-11(14)19-10/h3-4H,5-9,15H2,1-2H3. The zero-order valence-electron chi connectivity index (χ0n) is 11.4. The van der Waals surface area contributed by atoms with Crippen LogP contribution in [0.3, 0.4) is 0 Å². The number of rotatable bonds is 3. The van der Waals surface area contributed by atoms with E-state index < -0.39 is 5.54 Å². The summed E-state index contributed by atoms with van der Waals surface area (Å²) in [6, 6.07) is 3.99. The number of halogens is 1. The van der Waals surface area contributed by atoms with Gasteiger partial charge in [0.05, 0.1) is 9.88 Å². The summed E-state index contributed by atoms with van der Waals surface area (Å²) in [6.07, 6.45) is 0. The molecule has 0 atom stereocenters. The lowest BCUT2D eigenvalue weighted by atomic mass is 10.0. The number of nitrogens with two attached hydrogens (primary N) is 1. The smallest absolute Gasteiger partial charge is 0.242 e. The normalized spacial score (nSPS) is 17.8. The van der Waals surface area contributed by atoms with Gasteiger partial charge in [-0.05, 0) is 26.0 Å². The molecular formula is C13H20ClN3OS. The largest absolute Gasteiger partial charge is 0.339 e. The van der Waals surface area contributed by atoms with Gasteiger partial charge in [0.25, 0.3) is 0 Å². The number of hydrogen-bond acceptors (Lipinski definition) is 4. The molecular weight excluding hydrogens is 282 g/mol. The molecule has 0 bridgehead atoms. The van der Waals surface area contributed by atoms with Gasteiger partial charge >= 0.3 is 0 Å². The molecule has 0 saturated carbocycles. The molecule has 0 aliphatic carbocycles. The Hall–Kier alpha value is -0.620. The molecule has 1 amide bonds. The van der Waals surface area contributed by atoms with Crippen LogP contribution in [0.1, 0.15) is 18.7 Å². The Bertz CT molecular complexity index is 447. The number of carbonyl (C=O) groups is 1. The Morgan fingerprint density at radius 2 is 2.00 bits per heavy atom. The van der Waals surface area contributed by atoms with Crippen molar-refractivity contribution in [3.8, 4) is 0 Å². The predicted octanol–water partition coefficient (Wildman–Crippen LogP) is 1.78. The molecule has 1 aliphatic rings. The lowest BCUT2D eigenvalue weighted by Crippen LogP contribution is -2.56. The van der Waals surface area contributed by atoms with Crippen molar-refractivity contribution >= 4 is 28.8 Å². The minimum absolute atomic E-state index is 0.0336. The first-order valence-electron chi connectivity index (χ1n) is 6.41. The fourth-order valence-corrected chi connectivity index (χ4v) is 3.30. The Labute approximate surface area is 123 Å². The van der Waals surface area contributed by atoms with E-state index in [0.717, 1.165) is 37.1 Å². The van der Waals surface area contributed by atoms with Gasteiger partial charge < -0.3 is 10.6 Å². The van der Waals surface area contributed by atoms with Crippen LogP contribution in [0.2, 0.25) is 4.34 Å². The molecule has 106 valence electrons. The monoisotopic (exact) mass is 301 g/mol. The number of thiophene rings is 1. The fraction of sp³-hybridized carbons (Fsp3) is 0.615. The van der Waals surface area contributed by atoms with Crippen molar-refractivity contribution in [1.82, 2.24) is 9.80 Å². The van der Waals surface area contributed by atoms with E-state index in [1.54, 1.807) is 25.2 Å². The van der Waals surface area contributed by atoms with E-state index in [-0.39, 0.29) is 5.91 Å². The zero-order chi connectivity index (χ0) is 14.0. The molecule has 6 heteroatoms. The lowest BCUT2D eigenvalue weighted by Gasteiger charge is -2.37. The Kier molecular flexibility index (Phi) is 4.50. The van der Waals surface area contributed by atoms with E-state index in [9.17, 15) is 4.79 Å². The first kappa shape index (κ1) is 14.8. The van der Waals surface area contributed by atoms with Gasteiger partial charge in [0.2, 0.25) is 5.91 Å². The summed E-state index contributed by atoms with van der Waals surface area (Å²) >= 11 is 7.54. The van der Waals surface area contributed by atoms with Crippen LogP contribution >= 0.6 is 22.9 Å². The van der Waals surface area contributed by atoms with Crippen LogP contribution in [0.25, 0.3) is 0 Å². The van der Waals surface area contributed by atoms with Gasteiger partial charge in [-0.2, -0.15) is 0 Å². The minimum atomic E-state index is -0.774. The fourth-order valence-electron chi connectivity index (χ4n) is 2.17. The molecule has 0 radical (unpaired) electrons. The van der Waals surface area contributed by atoms with Crippen LogP contribution in [-0.4, -0.2) is 47.4 Å². The summed E-state index contributed by atoms with van der Waals surface area (Å²) in [7, 11) is 0. The predicted molar refractivity (Wildman–Crippen MR) is 79.5 cm³/mol. The van der Waals surface area contributed by atoms with Gasteiger partial charge in [0.15, 0.2) is 0 Å². The summed E-state index contributed by atoms with van der Waals surface area (Å²) in [5.41, 5.74) is 5.08. The molecule has 0 aromatic carbocycles. The van der Waals surface area contributed by atoms with Gasteiger partial charge in [-0.3, -0.25) is 9.69 Å². The quantitative estimate of drug-likeness (QED) is 0.926. The average Bonchev–Trinajstić information content (AvgIpc) is 2.74. The zero-order valence-corrected chi connectivity index (χ0v) is 12.9. The van der Waals surface area contributed by atoms with Crippen molar-refractivity contribution in [2.24, 2.45) is 5.73 Å². The third kappa shape index (κ3) is 3.92. The van der Waals surface area contributed by atoms with Crippen molar-refractivity contribution in [3.05, 3.63) is 21.3 Å². The van der Waals surface area contributed by atoms with Crippen molar-refractivity contribution < 1.29 is 4.79 Å². The van der Waals surface area contributed by atoms with Crippen LogP contribution in [0.4, 0.5) is 0 Å². The maximum Gasteiger partial charge on any atom is 0.242 e. The summed E-state index contributed by atoms with van der Waals surface area (Å²) < 4.78 is 0.827. The van der Waals surface area contributed by atoms with Crippen LogP contribution in [0.15, 0.2) is 12.1 Å². The molecule has 1 saturated heterocycles. The first-order valence-corrected chi connectivity index (χ1v) is 7.60. The van der Waals surface area contributed by atoms with E-state index in [1.807, 2.05) is 11.0 Å². The van der Waals surface area contributed by atoms with E-state index in [1.165, 1.54) is 4.88 Å². The van der Waals surface area contributed by atoms with Crippen LogP contribution < -0.4 is 5.73 Å². The molecule has 0 spiro atoms. The highest BCUT2D eigenvalue weighted by molar-refractivity contribution is 7.16. The highest BCUT2D eigenvalue weighted by Crippen LogP contribution is 2.23. The number of piperazine rings is 1. The molecule has 1 aromatic heterocycles. The van der Waals surface area contributed by atoms with Gasteiger partial charge in [0.1, 0.15) is 0 Å². The van der Waals surface area contributed by atoms with Gasteiger partial charge in [0, 0.05) is 37.6 Å². The second-order valence-electron chi connectivity index (χ2n) is 5.50. The highest BCUT2D eigenvalue weighted by atomic mass is 35.5. The van der Waals surface area contributed by atoms with Crippen LogP contribution in [-0.2, 0) is 11.3 Å². The summed E-state index contributed by atoms with van der Waals surface area (Å²) in [5.74, 6) is 0.0336. The minimum Gasteiger partial charge on any atom is -0.339 e. The Morgan fingerprint density at radius 1 is 1.37 bits per heavy atom. The van der Waals surface area contributed by atoms with Gasteiger partial charge in [-0.25, -0.2) is 0 Å². The highest BCUT2D eigenvalue weighted by Gasteiger charge is 2.30. The van der Waals surface area contributed by atoms with Crippen LogP contribution in [0.5, 0.6) is 0 Å². The number of nitrogens with zero attached hydrogens (tertiary/aromatic N) is 2. The van der Waals surface area contributed by atoms with Crippen molar-refractivity contribution in [3.63, 3.8) is 0 Å². The number of hydrogen-bond donors (Lipinski definition) is 1. The van der Waals surface area contributed by atoms with E-state index in [0.29, 0.717) is 0 Å². The maximum atomic E-state index is 12.1.